The van der Waals surface area contributed by atoms with E-state index in [0.29, 0.717) is 0 Å². The van der Waals surface area contributed by atoms with E-state index in [1.165, 1.54) is 97.1 Å². The van der Waals surface area contributed by atoms with Crippen molar-refractivity contribution in [2.75, 3.05) is 39.3 Å². The second-order valence-electron chi connectivity index (χ2n) is 6.95. The van der Waals surface area contributed by atoms with Crippen LogP contribution >= 0.6 is 0 Å². The minimum absolute atomic E-state index is 0.983. The lowest BCUT2D eigenvalue weighted by atomic mass is 9.99. The average Bonchev–Trinajstić information content (AvgIpc) is 2.75. The lowest BCUT2D eigenvalue weighted by Gasteiger charge is -2.28. The molecule has 1 fully saturated rings. The summed E-state index contributed by atoms with van der Waals surface area (Å²) in [5.41, 5.74) is 0. The van der Waals surface area contributed by atoms with E-state index in [9.17, 15) is 0 Å². The molecule has 0 aromatic carbocycles. The molecule has 1 aliphatic carbocycles. The van der Waals surface area contributed by atoms with E-state index in [4.69, 9.17) is 0 Å². The Bertz CT molecular complexity index is 222. The molecule has 0 aromatic rings. The zero-order valence-corrected chi connectivity index (χ0v) is 15.1. The molecule has 2 heteroatoms. The fourth-order valence-corrected chi connectivity index (χ4v) is 3.78. The molecular formula is C19H40N2. The maximum absolute atomic E-state index is 2.76. The van der Waals surface area contributed by atoms with Crippen LogP contribution in [0.25, 0.3) is 0 Å². The van der Waals surface area contributed by atoms with Gasteiger partial charge in [0.1, 0.15) is 0 Å². The molecule has 0 saturated heterocycles. The van der Waals surface area contributed by atoms with Crippen LogP contribution in [0.3, 0.4) is 0 Å². The number of hydrogen-bond donors (Lipinski definition) is 0. The van der Waals surface area contributed by atoms with E-state index in [1.807, 2.05) is 0 Å². The van der Waals surface area contributed by atoms with Crippen LogP contribution in [0.5, 0.6) is 0 Å². The smallest absolute Gasteiger partial charge is 0.000966 e. The predicted molar refractivity (Wildman–Crippen MR) is 94.9 cm³/mol. The number of hydrogen-bond acceptors (Lipinski definition) is 2. The molecule has 1 saturated carbocycles. The Labute approximate surface area is 134 Å². The number of nitrogens with zero attached hydrogens (tertiary/aromatic N) is 2. The van der Waals surface area contributed by atoms with Crippen molar-refractivity contribution in [1.82, 2.24) is 9.80 Å². The van der Waals surface area contributed by atoms with Gasteiger partial charge in [-0.05, 0) is 70.7 Å². The highest BCUT2D eigenvalue weighted by Gasteiger charge is 2.16. The van der Waals surface area contributed by atoms with Crippen LogP contribution in [0.2, 0.25) is 0 Å². The van der Waals surface area contributed by atoms with Crippen molar-refractivity contribution >= 4 is 0 Å². The maximum Gasteiger partial charge on any atom is 0.000966 e. The standard InChI is InChI=1S/C19H40N2/c1-4-14-20(6-3)16-11-17-21(15-5-2)18-19-12-9-7-8-10-13-19/h19H,4-18H2,1-3H3. The molecule has 0 atom stereocenters. The van der Waals surface area contributed by atoms with Gasteiger partial charge in [-0.2, -0.15) is 0 Å². The molecule has 0 bridgehead atoms. The molecule has 0 radical (unpaired) electrons. The van der Waals surface area contributed by atoms with Crippen molar-refractivity contribution < 1.29 is 0 Å². The molecule has 0 aromatic heterocycles. The molecule has 0 spiro atoms. The van der Waals surface area contributed by atoms with E-state index < -0.39 is 0 Å². The predicted octanol–water partition coefficient (Wildman–Crippen LogP) is 4.79. The topological polar surface area (TPSA) is 6.48 Å². The first-order chi connectivity index (χ1) is 10.3. The minimum atomic E-state index is 0.983. The number of rotatable bonds is 11. The Hall–Kier alpha value is -0.0800. The fraction of sp³-hybridized carbons (Fsp3) is 1.00. The van der Waals surface area contributed by atoms with E-state index in [1.54, 1.807) is 0 Å². The van der Waals surface area contributed by atoms with Crippen LogP contribution in [-0.2, 0) is 0 Å². The van der Waals surface area contributed by atoms with Crippen molar-refractivity contribution in [3.63, 3.8) is 0 Å². The summed E-state index contributed by atoms with van der Waals surface area (Å²) >= 11 is 0. The van der Waals surface area contributed by atoms with Crippen LogP contribution in [0.4, 0.5) is 0 Å². The van der Waals surface area contributed by atoms with Crippen molar-refractivity contribution in [3.05, 3.63) is 0 Å². The Morgan fingerprint density at radius 1 is 0.714 bits per heavy atom. The Morgan fingerprint density at radius 2 is 1.29 bits per heavy atom. The quantitative estimate of drug-likeness (QED) is 0.506. The second kappa shape index (κ2) is 12.5. The Morgan fingerprint density at radius 3 is 1.86 bits per heavy atom. The summed E-state index contributed by atoms with van der Waals surface area (Å²) in [5, 5.41) is 0. The molecule has 126 valence electrons. The van der Waals surface area contributed by atoms with Crippen molar-refractivity contribution in [2.45, 2.75) is 78.6 Å². The molecule has 21 heavy (non-hydrogen) atoms. The van der Waals surface area contributed by atoms with Gasteiger partial charge in [0.2, 0.25) is 0 Å². The van der Waals surface area contributed by atoms with Gasteiger partial charge in [0, 0.05) is 6.54 Å². The van der Waals surface area contributed by atoms with Gasteiger partial charge in [0.25, 0.3) is 0 Å². The third kappa shape index (κ3) is 8.83. The molecule has 1 aliphatic rings. The SMILES string of the molecule is CCCN(CC)CCCN(CCC)CC1CCCCCC1. The van der Waals surface area contributed by atoms with Crippen molar-refractivity contribution in [1.29, 1.82) is 0 Å². The molecular weight excluding hydrogens is 256 g/mol. The molecule has 0 aliphatic heterocycles. The van der Waals surface area contributed by atoms with Crippen molar-refractivity contribution in [3.8, 4) is 0 Å². The lowest BCUT2D eigenvalue weighted by Crippen LogP contribution is -2.34. The van der Waals surface area contributed by atoms with E-state index in [-0.39, 0.29) is 0 Å². The van der Waals surface area contributed by atoms with Crippen LogP contribution in [0.15, 0.2) is 0 Å². The highest BCUT2D eigenvalue weighted by molar-refractivity contribution is 4.70. The third-order valence-corrected chi connectivity index (χ3v) is 4.97. The largest absolute Gasteiger partial charge is 0.304 e. The summed E-state index contributed by atoms with van der Waals surface area (Å²) in [6.45, 7) is 14.7. The van der Waals surface area contributed by atoms with E-state index in [0.717, 1.165) is 5.92 Å². The molecule has 2 nitrogen and oxygen atoms in total. The second-order valence-corrected chi connectivity index (χ2v) is 6.95. The fourth-order valence-electron chi connectivity index (χ4n) is 3.78. The van der Waals surface area contributed by atoms with Crippen LogP contribution < -0.4 is 0 Å². The van der Waals surface area contributed by atoms with Gasteiger partial charge < -0.3 is 9.80 Å². The summed E-state index contributed by atoms with van der Waals surface area (Å²) < 4.78 is 0. The first-order valence-electron chi connectivity index (χ1n) is 9.74. The van der Waals surface area contributed by atoms with Gasteiger partial charge in [0.15, 0.2) is 0 Å². The summed E-state index contributed by atoms with van der Waals surface area (Å²) in [6, 6.07) is 0. The first kappa shape index (κ1) is 19.0. The Kier molecular flexibility index (Phi) is 11.3. The molecule has 0 N–H and O–H groups in total. The minimum Gasteiger partial charge on any atom is -0.304 e. The first-order valence-corrected chi connectivity index (χ1v) is 9.74. The zero-order valence-electron chi connectivity index (χ0n) is 15.1. The highest BCUT2D eigenvalue weighted by atomic mass is 15.1. The molecule has 0 heterocycles. The van der Waals surface area contributed by atoms with Crippen LogP contribution in [0, 0.1) is 5.92 Å². The van der Waals surface area contributed by atoms with Gasteiger partial charge in [-0.1, -0.05) is 46.5 Å². The highest BCUT2D eigenvalue weighted by Crippen LogP contribution is 2.23. The average molecular weight is 297 g/mol. The van der Waals surface area contributed by atoms with Gasteiger partial charge in [-0.3, -0.25) is 0 Å². The van der Waals surface area contributed by atoms with E-state index >= 15 is 0 Å². The Balaban J connectivity index is 2.27. The third-order valence-electron chi connectivity index (χ3n) is 4.97. The van der Waals surface area contributed by atoms with Gasteiger partial charge in [0.05, 0.1) is 0 Å². The lowest BCUT2D eigenvalue weighted by molar-refractivity contribution is 0.199. The normalized spacial score (nSPS) is 17.6. The van der Waals surface area contributed by atoms with Gasteiger partial charge in [-0.25, -0.2) is 0 Å². The van der Waals surface area contributed by atoms with Gasteiger partial charge in [-0.15, -0.1) is 0 Å². The monoisotopic (exact) mass is 296 g/mol. The molecule has 1 rings (SSSR count). The summed E-state index contributed by atoms with van der Waals surface area (Å²) in [4.78, 5) is 5.37. The summed E-state index contributed by atoms with van der Waals surface area (Å²) in [7, 11) is 0. The zero-order chi connectivity index (χ0) is 15.3. The van der Waals surface area contributed by atoms with Gasteiger partial charge >= 0.3 is 0 Å². The van der Waals surface area contributed by atoms with Crippen molar-refractivity contribution in [2.24, 2.45) is 5.92 Å². The molecule has 0 unspecified atom stereocenters. The van der Waals surface area contributed by atoms with Crippen LogP contribution in [-0.4, -0.2) is 49.1 Å². The summed E-state index contributed by atoms with van der Waals surface area (Å²) in [5.74, 6) is 0.983. The maximum atomic E-state index is 2.76. The van der Waals surface area contributed by atoms with Crippen LogP contribution in [0.1, 0.15) is 78.6 Å². The van der Waals surface area contributed by atoms with E-state index in [2.05, 4.69) is 30.6 Å². The summed E-state index contributed by atoms with van der Waals surface area (Å²) in [6.07, 6.45) is 12.8. The molecule has 0 amide bonds.